The number of benzene rings is 1. The normalized spacial score (nSPS) is 10.7. The molecule has 112 valence electrons. The Morgan fingerprint density at radius 3 is 2.76 bits per heavy atom. The van der Waals surface area contributed by atoms with Gasteiger partial charge in [-0.1, -0.05) is 19.4 Å². The predicted octanol–water partition coefficient (Wildman–Crippen LogP) is 3.99. The standard InChI is InChI=1S/C17H21FN2O/c1-4-5-15-8-13(11-19-3)9-17(20-15)21-16-10-14(18)7-6-12(16)2/h6-10,19H,4-5,11H2,1-3H3. The molecule has 1 aromatic carbocycles. The molecular weight excluding hydrogens is 267 g/mol. The summed E-state index contributed by atoms with van der Waals surface area (Å²) in [4.78, 5) is 4.50. The molecule has 1 heterocycles. The lowest BCUT2D eigenvalue weighted by molar-refractivity contribution is 0.451. The molecule has 4 heteroatoms. The van der Waals surface area contributed by atoms with Gasteiger partial charge in [-0.25, -0.2) is 9.37 Å². The fourth-order valence-corrected chi connectivity index (χ4v) is 2.16. The summed E-state index contributed by atoms with van der Waals surface area (Å²) >= 11 is 0. The van der Waals surface area contributed by atoms with E-state index < -0.39 is 0 Å². The first-order valence-electron chi connectivity index (χ1n) is 7.20. The number of halogens is 1. The van der Waals surface area contributed by atoms with Crippen LogP contribution in [-0.4, -0.2) is 12.0 Å². The summed E-state index contributed by atoms with van der Waals surface area (Å²) in [6.07, 6.45) is 1.92. The molecule has 0 saturated heterocycles. The number of hydrogen-bond donors (Lipinski definition) is 1. The molecule has 1 N–H and O–H groups in total. The minimum Gasteiger partial charge on any atom is -0.439 e. The van der Waals surface area contributed by atoms with Crippen LogP contribution < -0.4 is 10.1 Å². The third-order valence-corrected chi connectivity index (χ3v) is 3.17. The van der Waals surface area contributed by atoms with Crippen molar-refractivity contribution in [2.24, 2.45) is 0 Å². The van der Waals surface area contributed by atoms with Gasteiger partial charge in [0.2, 0.25) is 5.88 Å². The Morgan fingerprint density at radius 2 is 2.05 bits per heavy atom. The first-order chi connectivity index (χ1) is 10.1. The lowest BCUT2D eigenvalue weighted by Crippen LogP contribution is -2.07. The van der Waals surface area contributed by atoms with Crippen molar-refractivity contribution in [1.82, 2.24) is 10.3 Å². The van der Waals surface area contributed by atoms with Crippen molar-refractivity contribution in [1.29, 1.82) is 0 Å². The monoisotopic (exact) mass is 288 g/mol. The molecule has 0 atom stereocenters. The predicted molar refractivity (Wildman–Crippen MR) is 82.2 cm³/mol. The Kier molecular flexibility index (Phi) is 5.28. The van der Waals surface area contributed by atoms with E-state index in [-0.39, 0.29) is 5.82 Å². The molecule has 0 spiro atoms. The number of nitrogens with one attached hydrogen (secondary N) is 1. The van der Waals surface area contributed by atoms with Crippen LogP contribution >= 0.6 is 0 Å². The molecule has 21 heavy (non-hydrogen) atoms. The molecule has 0 aliphatic rings. The Balaban J connectivity index is 2.31. The van der Waals surface area contributed by atoms with E-state index in [4.69, 9.17) is 4.74 Å². The highest BCUT2D eigenvalue weighted by molar-refractivity contribution is 5.36. The van der Waals surface area contributed by atoms with E-state index in [0.29, 0.717) is 11.6 Å². The second-order valence-electron chi connectivity index (χ2n) is 5.10. The van der Waals surface area contributed by atoms with E-state index in [9.17, 15) is 4.39 Å². The number of aryl methyl sites for hydroxylation is 2. The maximum absolute atomic E-state index is 13.3. The van der Waals surface area contributed by atoms with E-state index in [1.54, 1.807) is 6.07 Å². The second-order valence-corrected chi connectivity index (χ2v) is 5.10. The summed E-state index contributed by atoms with van der Waals surface area (Å²) in [5, 5.41) is 3.12. The van der Waals surface area contributed by atoms with E-state index in [1.807, 2.05) is 20.0 Å². The van der Waals surface area contributed by atoms with E-state index >= 15 is 0 Å². The van der Waals surface area contributed by atoms with Crippen molar-refractivity contribution in [2.45, 2.75) is 33.2 Å². The smallest absolute Gasteiger partial charge is 0.219 e. The molecule has 0 amide bonds. The Morgan fingerprint density at radius 1 is 1.24 bits per heavy atom. The second kappa shape index (κ2) is 7.18. The summed E-state index contributed by atoms with van der Waals surface area (Å²) in [6, 6.07) is 8.48. The van der Waals surface area contributed by atoms with E-state index in [0.717, 1.165) is 36.2 Å². The highest BCUT2D eigenvalue weighted by Gasteiger charge is 2.07. The molecule has 0 aliphatic carbocycles. The highest BCUT2D eigenvalue weighted by Crippen LogP contribution is 2.25. The van der Waals surface area contributed by atoms with Crippen molar-refractivity contribution in [3.8, 4) is 11.6 Å². The van der Waals surface area contributed by atoms with E-state index in [2.05, 4.69) is 23.3 Å². The number of ether oxygens (including phenoxy) is 1. The van der Waals surface area contributed by atoms with Gasteiger partial charge in [-0.05, 0) is 43.7 Å². The molecule has 0 aliphatic heterocycles. The Hall–Kier alpha value is -1.94. The molecule has 1 aromatic heterocycles. The average molecular weight is 288 g/mol. The third kappa shape index (κ3) is 4.26. The number of pyridine rings is 1. The molecular formula is C17H21FN2O. The summed E-state index contributed by atoms with van der Waals surface area (Å²) in [7, 11) is 1.90. The highest BCUT2D eigenvalue weighted by atomic mass is 19.1. The third-order valence-electron chi connectivity index (χ3n) is 3.17. The lowest BCUT2D eigenvalue weighted by atomic mass is 10.1. The number of nitrogens with zero attached hydrogens (tertiary/aromatic N) is 1. The van der Waals surface area contributed by atoms with Gasteiger partial charge in [-0.2, -0.15) is 0 Å². The molecule has 2 aromatic rings. The van der Waals surface area contributed by atoms with Gasteiger partial charge in [0.05, 0.1) is 0 Å². The fraction of sp³-hybridized carbons (Fsp3) is 0.353. The van der Waals surface area contributed by atoms with Crippen molar-refractivity contribution < 1.29 is 9.13 Å². The van der Waals surface area contributed by atoms with Crippen LogP contribution in [0, 0.1) is 12.7 Å². The minimum absolute atomic E-state index is 0.309. The summed E-state index contributed by atoms with van der Waals surface area (Å²) < 4.78 is 19.1. The summed E-state index contributed by atoms with van der Waals surface area (Å²) in [5.41, 5.74) is 2.99. The van der Waals surface area contributed by atoms with Crippen molar-refractivity contribution in [3.63, 3.8) is 0 Å². The number of rotatable bonds is 6. The first kappa shape index (κ1) is 15.4. The molecule has 3 nitrogen and oxygen atoms in total. The minimum atomic E-state index is -0.309. The molecule has 0 saturated carbocycles. The summed E-state index contributed by atoms with van der Waals surface area (Å²) in [6.45, 7) is 4.75. The lowest BCUT2D eigenvalue weighted by Gasteiger charge is -2.11. The maximum Gasteiger partial charge on any atom is 0.219 e. The van der Waals surface area contributed by atoms with Crippen LogP contribution in [-0.2, 0) is 13.0 Å². The van der Waals surface area contributed by atoms with Gasteiger partial charge in [0.25, 0.3) is 0 Å². The van der Waals surface area contributed by atoms with Crippen LogP contribution in [0.2, 0.25) is 0 Å². The van der Waals surface area contributed by atoms with Gasteiger partial charge in [-0.15, -0.1) is 0 Å². The van der Waals surface area contributed by atoms with Crippen molar-refractivity contribution >= 4 is 0 Å². The quantitative estimate of drug-likeness (QED) is 0.872. The van der Waals surface area contributed by atoms with Crippen molar-refractivity contribution in [3.05, 3.63) is 53.0 Å². The van der Waals surface area contributed by atoms with E-state index in [1.165, 1.54) is 12.1 Å². The van der Waals surface area contributed by atoms with Crippen LogP contribution in [0.25, 0.3) is 0 Å². The van der Waals surface area contributed by atoms with Gasteiger partial charge < -0.3 is 10.1 Å². The first-order valence-corrected chi connectivity index (χ1v) is 7.20. The fourth-order valence-electron chi connectivity index (χ4n) is 2.16. The largest absolute Gasteiger partial charge is 0.439 e. The van der Waals surface area contributed by atoms with Crippen LogP contribution in [0.15, 0.2) is 30.3 Å². The van der Waals surface area contributed by atoms with Crippen LogP contribution in [0.5, 0.6) is 11.6 Å². The van der Waals surface area contributed by atoms with Gasteiger partial charge in [0.15, 0.2) is 0 Å². The molecule has 0 fully saturated rings. The molecule has 0 radical (unpaired) electrons. The van der Waals surface area contributed by atoms with Crippen LogP contribution in [0.1, 0.15) is 30.2 Å². The van der Waals surface area contributed by atoms with Crippen LogP contribution in [0.3, 0.4) is 0 Å². The van der Waals surface area contributed by atoms with Crippen LogP contribution in [0.4, 0.5) is 4.39 Å². The Labute approximate surface area is 125 Å². The van der Waals surface area contributed by atoms with Crippen molar-refractivity contribution in [2.75, 3.05) is 7.05 Å². The zero-order valence-electron chi connectivity index (χ0n) is 12.7. The SMILES string of the molecule is CCCc1cc(CNC)cc(Oc2cc(F)ccc2C)n1. The average Bonchev–Trinajstić information content (AvgIpc) is 2.43. The van der Waals surface area contributed by atoms with Gasteiger partial charge in [0, 0.05) is 24.4 Å². The molecule has 0 unspecified atom stereocenters. The molecule has 0 bridgehead atoms. The topological polar surface area (TPSA) is 34.1 Å². The zero-order chi connectivity index (χ0) is 15.2. The van der Waals surface area contributed by atoms with Gasteiger partial charge >= 0.3 is 0 Å². The maximum atomic E-state index is 13.3. The van der Waals surface area contributed by atoms with Gasteiger partial charge in [-0.3, -0.25) is 0 Å². The van der Waals surface area contributed by atoms with Gasteiger partial charge in [0.1, 0.15) is 11.6 Å². The number of aromatic nitrogens is 1. The Bertz CT molecular complexity index is 589. The molecule has 2 rings (SSSR count). The summed E-state index contributed by atoms with van der Waals surface area (Å²) in [5.74, 6) is 0.710. The number of hydrogen-bond acceptors (Lipinski definition) is 3. The zero-order valence-corrected chi connectivity index (χ0v) is 12.7.